The molecule has 0 fully saturated rings. The number of hydrogen-bond donors (Lipinski definition) is 1. The molecule has 1 aromatic heterocycles. The number of pyridine rings is 1. The maximum Gasteiger partial charge on any atom is 0.115 e. The third-order valence-electron chi connectivity index (χ3n) is 1.27. The van der Waals surface area contributed by atoms with Crippen molar-refractivity contribution in [2.75, 3.05) is 11.5 Å². The number of thiol groups is 1. The fourth-order valence-corrected chi connectivity index (χ4v) is 2.19. The molecule has 66 valence electrons. The second-order valence-electron chi connectivity index (χ2n) is 2.22. The normalized spacial score (nSPS) is 10.2. The number of aromatic nitrogens is 1. The van der Waals surface area contributed by atoms with Crippen LogP contribution in [0.4, 0.5) is 0 Å². The zero-order valence-corrected chi connectivity index (χ0v) is 9.00. The number of nitrogens with zero attached hydrogens (tertiary/aromatic N) is 1. The lowest BCUT2D eigenvalue weighted by atomic mass is 10.5. The van der Waals surface area contributed by atoms with Crippen molar-refractivity contribution in [1.29, 1.82) is 0 Å². The fraction of sp³-hybridized carbons (Fsp3) is 0.375. The predicted octanol–water partition coefficient (Wildman–Crippen LogP) is 3.15. The molecule has 0 aliphatic heterocycles. The fourth-order valence-electron chi connectivity index (χ4n) is 0.711. The maximum absolute atomic E-state index is 5.90. The average Bonchev–Trinajstić information content (AvgIpc) is 2.09. The van der Waals surface area contributed by atoms with Gasteiger partial charge in [0.05, 0.1) is 5.02 Å². The van der Waals surface area contributed by atoms with E-state index in [0.29, 0.717) is 0 Å². The molecule has 0 aromatic carbocycles. The van der Waals surface area contributed by atoms with E-state index in [9.17, 15) is 0 Å². The Labute approximate surface area is 87.3 Å². The highest BCUT2D eigenvalue weighted by atomic mass is 35.5. The lowest BCUT2D eigenvalue weighted by molar-refractivity contribution is 1.10. The van der Waals surface area contributed by atoms with E-state index < -0.39 is 0 Å². The van der Waals surface area contributed by atoms with Crippen molar-refractivity contribution in [3.05, 3.63) is 23.4 Å². The first-order valence-corrected chi connectivity index (χ1v) is 5.68. The molecule has 0 N–H and O–H groups in total. The lowest BCUT2D eigenvalue weighted by Crippen LogP contribution is -1.84. The van der Waals surface area contributed by atoms with Gasteiger partial charge in [-0.1, -0.05) is 11.6 Å². The van der Waals surface area contributed by atoms with E-state index >= 15 is 0 Å². The molecule has 0 saturated heterocycles. The molecule has 1 nitrogen and oxygen atoms in total. The van der Waals surface area contributed by atoms with Crippen LogP contribution in [0, 0.1) is 0 Å². The lowest BCUT2D eigenvalue weighted by Gasteiger charge is -2.00. The van der Waals surface area contributed by atoms with Crippen molar-refractivity contribution >= 4 is 36.0 Å². The van der Waals surface area contributed by atoms with E-state index in [1.54, 1.807) is 18.0 Å². The summed E-state index contributed by atoms with van der Waals surface area (Å²) >= 11 is 11.7. The Morgan fingerprint density at radius 2 is 2.42 bits per heavy atom. The summed E-state index contributed by atoms with van der Waals surface area (Å²) in [5.41, 5.74) is 0. The van der Waals surface area contributed by atoms with E-state index in [1.807, 2.05) is 12.1 Å². The van der Waals surface area contributed by atoms with Crippen LogP contribution >= 0.6 is 36.0 Å². The van der Waals surface area contributed by atoms with Crippen molar-refractivity contribution in [3.8, 4) is 0 Å². The molecular formula is C8H10ClNS2. The van der Waals surface area contributed by atoms with E-state index in [1.165, 1.54) is 0 Å². The van der Waals surface area contributed by atoms with Gasteiger partial charge in [-0.15, -0.1) is 11.8 Å². The third-order valence-corrected chi connectivity index (χ3v) is 3.09. The molecule has 1 heterocycles. The summed E-state index contributed by atoms with van der Waals surface area (Å²) < 4.78 is 0. The van der Waals surface area contributed by atoms with Gasteiger partial charge in [0, 0.05) is 11.9 Å². The third kappa shape index (κ3) is 3.25. The Morgan fingerprint density at radius 3 is 3.08 bits per heavy atom. The van der Waals surface area contributed by atoms with Gasteiger partial charge in [-0.2, -0.15) is 12.6 Å². The van der Waals surface area contributed by atoms with Crippen LogP contribution in [-0.4, -0.2) is 16.5 Å². The molecule has 4 heteroatoms. The van der Waals surface area contributed by atoms with Crippen molar-refractivity contribution in [2.24, 2.45) is 0 Å². The summed E-state index contributed by atoms with van der Waals surface area (Å²) in [6.45, 7) is 0. The second-order valence-corrected chi connectivity index (χ2v) is 4.15. The van der Waals surface area contributed by atoms with Gasteiger partial charge in [0.2, 0.25) is 0 Å². The Bertz CT molecular complexity index is 242. The molecule has 0 radical (unpaired) electrons. The van der Waals surface area contributed by atoms with E-state index in [-0.39, 0.29) is 0 Å². The molecule has 0 spiro atoms. The number of halogens is 1. The van der Waals surface area contributed by atoms with Gasteiger partial charge in [0.1, 0.15) is 5.03 Å². The first-order valence-electron chi connectivity index (χ1n) is 3.69. The Morgan fingerprint density at radius 1 is 1.58 bits per heavy atom. The first-order chi connectivity index (χ1) is 5.84. The molecule has 0 saturated carbocycles. The minimum absolute atomic E-state index is 0.738. The van der Waals surface area contributed by atoms with Crippen molar-refractivity contribution in [2.45, 2.75) is 11.4 Å². The molecular weight excluding hydrogens is 210 g/mol. The predicted molar refractivity (Wildman–Crippen MR) is 58.4 cm³/mol. The smallest absolute Gasteiger partial charge is 0.115 e. The van der Waals surface area contributed by atoms with Crippen LogP contribution in [-0.2, 0) is 0 Å². The Hall–Kier alpha value is 0.140. The quantitative estimate of drug-likeness (QED) is 0.475. The summed E-state index contributed by atoms with van der Waals surface area (Å²) in [6.07, 6.45) is 2.84. The highest BCUT2D eigenvalue weighted by Crippen LogP contribution is 2.24. The SMILES string of the molecule is SCCCSc1ncccc1Cl. The Balaban J connectivity index is 2.46. The van der Waals surface area contributed by atoms with Gasteiger partial charge in [-0.05, 0) is 24.3 Å². The van der Waals surface area contributed by atoms with Crippen molar-refractivity contribution in [3.63, 3.8) is 0 Å². The molecule has 0 amide bonds. The molecule has 12 heavy (non-hydrogen) atoms. The summed E-state index contributed by atoms with van der Waals surface area (Å²) in [4.78, 5) is 4.16. The van der Waals surface area contributed by atoms with Crippen LogP contribution in [0.5, 0.6) is 0 Å². The zero-order valence-electron chi connectivity index (χ0n) is 6.53. The molecule has 0 unspecified atom stereocenters. The van der Waals surface area contributed by atoms with E-state index in [2.05, 4.69) is 17.6 Å². The van der Waals surface area contributed by atoms with Gasteiger partial charge in [-0.25, -0.2) is 4.98 Å². The summed E-state index contributed by atoms with van der Waals surface area (Å²) in [5, 5.41) is 1.66. The Kier molecular flexibility index (Phi) is 4.88. The average molecular weight is 220 g/mol. The van der Waals surface area contributed by atoms with Crippen LogP contribution < -0.4 is 0 Å². The number of hydrogen-bond acceptors (Lipinski definition) is 3. The number of thioether (sulfide) groups is 1. The second kappa shape index (κ2) is 5.73. The van der Waals surface area contributed by atoms with Crippen molar-refractivity contribution < 1.29 is 0 Å². The van der Waals surface area contributed by atoms with Gasteiger partial charge in [-0.3, -0.25) is 0 Å². The van der Waals surface area contributed by atoms with Crippen LogP contribution in [0.25, 0.3) is 0 Å². The van der Waals surface area contributed by atoms with Crippen LogP contribution in [0.3, 0.4) is 0 Å². The standard InChI is InChI=1S/C8H10ClNS2/c9-7-3-1-4-10-8(7)12-6-2-5-11/h1,3-4,11H,2,5-6H2. The topological polar surface area (TPSA) is 12.9 Å². The largest absolute Gasteiger partial charge is 0.248 e. The van der Waals surface area contributed by atoms with E-state index in [0.717, 1.165) is 28.0 Å². The van der Waals surface area contributed by atoms with Crippen LogP contribution in [0.1, 0.15) is 6.42 Å². The highest BCUT2D eigenvalue weighted by molar-refractivity contribution is 7.99. The van der Waals surface area contributed by atoms with Gasteiger partial charge in [0.25, 0.3) is 0 Å². The molecule has 0 bridgehead atoms. The molecule has 0 aliphatic carbocycles. The van der Waals surface area contributed by atoms with Gasteiger partial charge >= 0.3 is 0 Å². The zero-order chi connectivity index (χ0) is 8.81. The van der Waals surface area contributed by atoms with Gasteiger partial charge < -0.3 is 0 Å². The van der Waals surface area contributed by atoms with Crippen LogP contribution in [0.15, 0.2) is 23.4 Å². The summed E-state index contributed by atoms with van der Waals surface area (Å²) in [5.74, 6) is 1.94. The van der Waals surface area contributed by atoms with Gasteiger partial charge in [0.15, 0.2) is 0 Å². The minimum atomic E-state index is 0.738. The van der Waals surface area contributed by atoms with E-state index in [4.69, 9.17) is 11.6 Å². The maximum atomic E-state index is 5.90. The first kappa shape index (κ1) is 10.2. The molecule has 0 aliphatic rings. The van der Waals surface area contributed by atoms with Crippen molar-refractivity contribution in [1.82, 2.24) is 4.98 Å². The molecule has 0 atom stereocenters. The highest BCUT2D eigenvalue weighted by Gasteiger charge is 1.99. The molecule has 1 aromatic rings. The minimum Gasteiger partial charge on any atom is -0.248 e. The molecule has 1 rings (SSSR count). The number of rotatable bonds is 4. The summed E-state index contributed by atoms with van der Waals surface area (Å²) in [6, 6.07) is 3.70. The summed E-state index contributed by atoms with van der Waals surface area (Å²) in [7, 11) is 0. The monoisotopic (exact) mass is 219 g/mol. The van der Waals surface area contributed by atoms with Crippen LogP contribution in [0.2, 0.25) is 5.02 Å².